The lowest BCUT2D eigenvalue weighted by Crippen LogP contribution is -2.38. The highest BCUT2D eigenvalue weighted by Gasteiger charge is 2.27. The first-order chi connectivity index (χ1) is 9.36. The SMILES string of the molecule is CCN1CCOC(c2noc([C@@H]3CCCCN3)n2)C1. The van der Waals surface area contributed by atoms with E-state index in [0.29, 0.717) is 11.7 Å². The smallest absolute Gasteiger partial charge is 0.243 e. The van der Waals surface area contributed by atoms with Gasteiger partial charge in [-0.25, -0.2) is 0 Å². The standard InChI is InChI=1S/C13H22N4O2/c1-2-17-7-8-18-11(9-17)12-15-13(19-16-12)10-5-3-4-6-14-10/h10-11,14H,2-9H2,1H3/t10-,11?/m0/s1. The minimum atomic E-state index is -0.0465. The molecule has 6 nitrogen and oxygen atoms in total. The number of nitrogens with one attached hydrogen (secondary N) is 1. The predicted octanol–water partition coefficient (Wildman–Crippen LogP) is 1.28. The van der Waals surface area contributed by atoms with E-state index in [0.717, 1.165) is 39.2 Å². The van der Waals surface area contributed by atoms with Crippen LogP contribution in [0.3, 0.4) is 0 Å². The van der Waals surface area contributed by atoms with Crippen molar-refractivity contribution in [3.63, 3.8) is 0 Å². The Morgan fingerprint density at radius 1 is 1.42 bits per heavy atom. The van der Waals surface area contributed by atoms with Crippen LogP contribution < -0.4 is 5.32 Å². The van der Waals surface area contributed by atoms with Gasteiger partial charge in [-0.15, -0.1) is 0 Å². The third kappa shape index (κ3) is 2.96. The molecule has 6 heteroatoms. The van der Waals surface area contributed by atoms with Crippen molar-refractivity contribution >= 4 is 0 Å². The highest BCUT2D eigenvalue weighted by molar-refractivity contribution is 4.98. The van der Waals surface area contributed by atoms with Gasteiger partial charge in [0.1, 0.15) is 6.10 Å². The molecule has 0 saturated carbocycles. The van der Waals surface area contributed by atoms with Crippen molar-refractivity contribution in [3.8, 4) is 0 Å². The fraction of sp³-hybridized carbons (Fsp3) is 0.846. The Morgan fingerprint density at radius 3 is 3.16 bits per heavy atom. The number of rotatable bonds is 3. The molecule has 1 unspecified atom stereocenters. The van der Waals surface area contributed by atoms with E-state index in [2.05, 4.69) is 27.3 Å². The number of hydrogen-bond acceptors (Lipinski definition) is 6. The second-order valence-corrected chi connectivity index (χ2v) is 5.25. The molecule has 3 rings (SSSR count). The average molecular weight is 266 g/mol. The van der Waals surface area contributed by atoms with E-state index in [1.807, 2.05) is 0 Å². The first-order valence-electron chi connectivity index (χ1n) is 7.27. The van der Waals surface area contributed by atoms with Gasteiger partial charge in [0.2, 0.25) is 11.7 Å². The first-order valence-corrected chi connectivity index (χ1v) is 7.27. The molecule has 0 radical (unpaired) electrons. The van der Waals surface area contributed by atoms with Crippen molar-refractivity contribution in [2.75, 3.05) is 32.8 Å². The summed E-state index contributed by atoms with van der Waals surface area (Å²) in [6.45, 7) is 6.82. The lowest BCUT2D eigenvalue weighted by molar-refractivity contribution is -0.0334. The van der Waals surface area contributed by atoms with Gasteiger partial charge in [-0.05, 0) is 25.9 Å². The number of aromatic nitrogens is 2. The van der Waals surface area contributed by atoms with Crippen LogP contribution in [0, 0.1) is 0 Å². The van der Waals surface area contributed by atoms with E-state index < -0.39 is 0 Å². The average Bonchev–Trinajstić information content (AvgIpc) is 2.98. The molecule has 3 heterocycles. The number of likely N-dealkylation sites (N-methyl/N-ethyl adjacent to an activating group) is 1. The summed E-state index contributed by atoms with van der Waals surface area (Å²) >= 11 is 0. The van der Waals surface area contributed by atoms with Gasteiger partial charge >= 0.3 is 0 Å². The van der Waals surface area contributed by atoms with E-state index in [1.165, 1.54) is 12.8 Å². The van der Waals surface area contributed by atoms with Gasteiger partial charge < -0.3 is 14.6 Å². The maximum absolute atomic E-state index is 5.75. The molecule has 0 spiro atoms. The Kier molecular flexibility index (Phi) is 4.10. The molecule has 2 atom stereocenters. The van der Waals surface area contributed by atoms with E-state index in [1.54, 1.807) is 0 Å². The zero-order chi connectivity index (χ0) is 13.1. The van der Waals surface area contributed by atoms with Crippen LogP contribution in [0.5, 0.6) is 0 Å². The summed E-state index contributed by atoms with van der Waals surface area (Å²) in [5.41, 5.74) is 0. The molecule has 0 bridgehead atoms. The van der Waals surface area contributed by atoms with E-state index in [4.69, 9.17) is 9.26 Å². The van der Waals surface area contributed by atoms with Crippen molar-refractivity contribution in [2.24, 2.45) is 0 Å². The molecule has 0 amide bonds. The van der Waals surface area contributed by atoms with E-state index in [-0.39, 0.29) is 12.1 Å². The van der Waals surface area contributed by atoms with Crippen LogP contribution in [0.1, 0.15) is 50.0 Å². The van der Waals surface area contributed by atoms with Gasteiger partial charge in [-0.2, -0.15) is 4.98 Å². The summed E-state index contributed by atoms with van der Waals surface area (Å²) in [5.74, 6) is 1.41. The summed E-state index contributed by atoms with van der Waals surface area (Å²) in [6, 6.07) is 0.223. The highest BCUT2D eigenvalue weighted by Crippen LogP contribution is 2.24. The largest absolute Gasteiger partial charge is 0.367 e. The maximum Gasteiger partial charge on any atom is 0.243 e. The van der Waals surface area contributed by atoms with Crippen LogP contribution in [0.15, 0.2) is 4.52 Å². The van der Waals surface area contributed by atoms with Crippen LogP contribution in [0.2, 0.25) is 0 Å². The molecule has 106 valence electrons. The summed E-state index contributed by atoms with van der Waals surface area (Å²) in [5, 5.41) is 7.53. The molecule has 2 aliphatic heterocycles. The number of piperidine rings is 1. The fourth-order valence-electron chi connectivity index (χ4n) is 2.73. The summed E-state index contributed by atoms with van der Waals surface area (Å²) < 4.78 is 11.2. The van der Waals surface area contributed by atoms with Crippen molar-refractivity contribution in [3.05, 3.63) is 11.7 Å². The van der Waals surface area contributed by atoms with E-state index in [9.17, 15) is 0 Å². The number of morpholine rings is 1. The number of hydrogen-bond donors (Lipinski definition) is 1. The first kappa shape index (κ1) is 13.0. The zero-order valence-corrected chi connectivity index (χ0v) is 11.5. The molecule has 1 aromatic rings. The minimum Gasteiger partial charge on any atom is -0.367 e. The van der Waals surface area contributed by atoms with Crippen LogP contribution in [0.4, 0.5) is 0 Å². The molecule has 19 heavy (non-hydrogen) atoms. The van der Waals surface area contributed by atoms with Gasteiger partial charge in [-0.3, -0.25) is 4.90 Å². The van der Waals surface area contributed by atoms with Crippen LogP contribution >= 0.6 is 0 Å². The van der Waals surface area contributed by atoms with Crippen LogP contribution in [0.25, 0.3) is 0 Å². The summed E-state index contributed by atoms with van der Waals surface area (Å²) in [7, 11) is 0. The topological polar surface area (TPSA) is 63.4 Å². The van der Waals surface area contributed by atoms with Crippen molar-refractivity contribution in [1.82, 2.24) is 20.4 Å². The zero-order valence-electron chi connectivity index (χ0n) is 11.5. The minimum absolute atomic E-state index is 0.0465. The second kappa shape index (κ2) is 5.98. The summed E-state index contributed by atoms with van der Waals surface area (Å²) in [4.78, 5) is 6.88. The molecule has 2 saturated heterocycles. The lowest BCUT2D eigenvalue weighted by Gasteiger charge is -2.30. The molecule has 0 aromatic carbocycles. The number of ether oxygens (including phenoxy) is 1. The third-order valence-electron chi connectivity index (χ3n) is 3.95. The Bertz CT molecular complexity index is 403. The second-order valence-electron chi connectivity index (χ2n) is 5.25. The van der Waals surface area contributed by atoms with Gasteiger partial charge in [0.25, 0.3) is 0 Å². The Morgan fingerprint density at radius 2 is 2.37 bits per heavy atom. The molecule has 2 fully saturated rings. The molecule has 2 aliphatic rings. The lowest BCUT2D eigenvalue weighted by atomic mass is 10.1. The molecular formula is C13H22N4O2. The Hall–Kier alpha value is -0.980. The third-order valence-corrected chi connectivity index (χ3v) is 3.95. The number of nitrogens with zero attached hydrogens (tertiary/aromatic N) is 3. The molecule has 1 aromatic heterocycles. The Labute approximate surface area is 113 Å². The summed E-state index contributed by atoms with van der Waals surface area (Å²) in [6.07, 6.45) is 3.48. The van der Waals surface area contributed by atoms with E-state index >= 15 is 0 Å². The maximum atomic E-state index is 5.75. The highest BCUT2D eigenvalue weighted by atomic mass is 16.5. The monoisotopic (exact) mass is 266 g/mol. The molecular weight excluding hydrogens is 244 g/mol. The quantitative estimate of drug-likeness (QED) is 0.889. The molecule has 0 aliphatic carbocycles. The van der Waals surface area contributed by atoms with Crippen molar-refractivity contribution < 1.29 is 9.26 Å². The Balaban J connectivity index is 1.66. The van der Waals surface area contributed by atoms with Gasteiger partial charge in [0.05, 0.1) is 12.6 Å². The van der Waals surface area contributed by atoms with Crippen molar-refractivity contribution in [2.45, 2.75) is 38.3 Å². The van der Waals surface area contributed by atoms with Crippen LogP contribution in [-0.2, 0) is 4.74 Å². The predicted molar refractivity (Wildman–Crippen MR) is 69.7 cm³/mol. The fourth-order valence-corrected chi connectivity index (χ4v) is 2.73. The van der Waals surface area contributed by atoms with Crippen LogP contribution in [-0.4, -0.2) is 47.8 Å². The van der Waals surface area contributed by atoms with Gasteiger partial charge in [0, 0.05) is 13.1 Å². The molecule has 1 N–H and O–H groups in total. The normalized spacial score (nSPS) is 29.5. The van der Waals surface area contributed by atoms with Gasteiger partial charge in [0.15, 0.2) is 0 Å². The van der Waals surface area contributed by atoms with Gasteiger partial charge in [-0.1, -0.05) is 18.5 Å². The van der Waals surface area contributed by atoms with Crippen molar-refractivity contribution in [1.29, 1.82) is 0 Å².